The Morgan fingerprint density at radius 1 is 1.30 bits per heavy atom. The first-order valence-corrected chi connectivity index (χ1v) is 7.84. The molecule has 0 spiro atoms. The molecule has 122 valence electrons. The van der Waals surface area contributed by atoms with Crippen molar-refractivity contribution in [2.24, 2.45) is 0 Å². The molecule has 6 heteroatoms. The van der Waals surface area contributed by atoms with Crippen LogP contribution in [0.4, 0.5) is 10.2 Å². The van der Waals surface area contributed by atoms with Gasteiger partial charge in [-0.15, -0.1) is 0 Å². The molecule has 1 saturated heterocycles. The number of piperidine rings is 1. The molecular weight excluding hydrogens is 295 g/mol. The smallest absolute Gasteiger partial charge is 0.161 e. The second kappa shape index (κ2) is 7.48. The van der Waals surface area contributed by atoms with Crippen LogP contribution in [0.25, 0.3) is 11.4 Å². The molecule has 1 aliphatic heterocycles. The Hall–Kier alpha value is -2.05. The van der Waals surface area contributed by atoms with Crippen molar-refractivity contribution in [3.8, 4) is 11.4 Å². The number of rotatable bonds is 5. The van der Waals surface area contributed by atoms with E-state index in [2.05, 4.69) is 20.6 Å². The molecule has 0 aliphatic carbocycles. The van der Waals surface area contributed by atoms with Gasteiger partial charge in [-0.05, 0) is 43.7 Å². The molecule has 1 aliphatic rings. The average Bonchev–Trinajstić information content (AvgIpc) is 2.56. The molecule has 1 unspecified atom stereocenters. The minimum Gasteiger partial charge on any atom is -0.378 e. The molecule has 2 aromatic rings. The van der Waals surface area contributed by atoms with E-state index in [-0.39, 0.29) is 5.82 Å². The van der Waals surface area contributed by atoms with Gasteiger partial charge in [0.05, 0.1) is 12.3 Å². The van der Waals surface area contributed by atoms with Crippen molar-refractivity contribution in [2.75, 3.05) is 25.5 Å². The first kappa shape index (κ1) is 15.8. The van der Waals surface area contributed by atoms with E-state index < -0.39 is 0 Å². The van der Waals surface area contributed by atoms with Crippen molar-refractivity contribution in [1.82, 2.24) is 15.3 Å². The topological polar surface area (TPSA) is 59.1 Å². The molecule has 0 radical (unpaired) electrons. The van der Waals surface area contributed by atoms with Gasteiger partial charge >= 0.3 is 0 Å². The van der Waals surface area contributed by atoms with Crippen molar-refractivity contribution in [2.45, 2.75) is 25.5 Å². The molecule has 0 amide bonds. The minimum atomic E-state index is -0.270. The standard InChI is InChI=1S/C17H21FN4O/c1-23-11-15-9-16(20-14-3-2-8-19-10-14)22-17(21-15)12-4-6-13(18)7-5-12/h4-7,9,14,19H,2-3,8,10-11H2,1H3,(H,20,21,22). The van der Waals surface area contributed by atoms with Crippen molar-refractivity contribution in [1.29, 1.82) is 0 Å². The number of benzene rings is 1. The van der Waals surface area contributed by atoms with E-state index in [9.17, 15) is 4.39 Å². The number of ether oxygens (including phenoxy) is 1. The van der Waals surface area contributed by atoms with Gasteiger partial charge in [0.25, 0.3) is 0 Å². The molecule has 0 bridgehead atoms. The Balaban J connectivity index is 1.87. The zero-order valence-electron chi connectivity index (χ0n) is 13.2. The monoisotopic (exact) mass is 316 g/mol. The second-order valence-corrected chi connectivity index (χ2v) is 5.70. The predicted octanol–water partition coefficient (Wildman–Crippen LogP) is 2.59. The fourth-order valence-corrected chi connectivity index (χ4v) is 2.71. The van der Waals surface area contributed by atoms with Crippen LogP contribution in [0.15, 0.2) is 30.3 Å². The molecule has 2 heterocycles. The molecule has 5 nitrogen and oxygen atoms in total. The molecule has 1 atom stereocenters. The molecule has 1 aromatic carbocycles. The molecule has 1 aromatic heterocycles. The molecule has 1 fully saturated rings. The summed E-state index contributed by atoms with van der Waals surface area (Å²) in [6, 6.07) is 8.47. The predicted molar refractivity (Wildman–Crippen MR) is 87.7 cm³/mol. The number of halogens is 1. The third kappa shape index (κ3) is 4.24. The summed E-state index contributed by atoms with van der Waals surface area (Å²) in [5.41, 5.74) is 1.59. The highest BCUT2D eigenvalue weighted by atomic mass is 19.1. The highest BCUT2D eigenvalue weighted by Crippen LogP contribution is 2.20. The molecule has 3 rings (SSSR count). The van der Waals surface area contributed by atoms with Crippen LogP contribution in [0.2, 0.25) is 0 Å². The van der Waals surface area contributed by atoms with Crippen LogP contribution >= 0.6 is 0 Å². The van der Waals surface area contributed by atoms with E-state index >= 15 is 0 Å². The van der Waals surface area contributed by atoms with Gasteiger partial charge in [0.1, 0.15) is 11.6 Å². The lowest BCUT2D eigenvalue weighted by atomic mass is 10.1. The van der Waals surface area contributed by atoms with E-state index in [1.807, 2.05) is 6.07 Å². The van der Waals surface area contributed by atoms with E-state index in [4.69, 9.17) is 4.74 Å². The van der Waals surface area contributed by atoms with Crippen LogP contribution < -0.4 is 10.6 Å². The highest BCUT2D eigenvalue weighted by Gasteiger charge is 2.14. The van der Waals surface area contributed by atoms with Crippen molar-refractivity contribution >= 4 is 5.82 Å². The highest BCUT2D eigenvalue weighted by molar-refractivity contribution is 5.57. The summed E-state index contributed by atoms with van der Waals surface area (Å²) in [5.74, 6) is 1.08. The molecular formula is C17H21FN4O. The van der Waals surface area contributed by atoms with E-state index in [1.54, 1.807) is 19.2 Å². The summed E-state index contributed by atoms with van der Waals surface area (Å²) < 4.78 is 18.3. The zero-order chi connectivity index (χ0) is 16.1. The Bertz CT molecular complexity index is 642. The van der Waals surface area contributed by atoms with Gasteiger partial charge in [0.15, 0.2) is 5.82 Å². The van der Waals surface area contributed by atoms with E-state index in [1.165, 1.54) is 12.1 Å². The summed E-state index contributed by atoms with van der Waals surface area (Å²) in [6.45, 7) is 2.40. The second-order valence-electron chi connectivity index (χ2n) is 5.70. The first-order chi connectivity index (χ1) is 11.2. The van der Waals surface area contributed by atoms with Gasteiger partial charge in [-0.1, -0.05) is 0 Å². The van der Waals surface area contributed by atoms with Gasteiger partial charge in [-0.3, -0.25) is 0 Å². The number of anilines is 1. The summed E-state index contributed by atoms with van der Waals surface area (Å²) in [6.07, 6.45) is 2.26. The van der Waals surface area contributed by atoms with E-state index in [0.29, 0.717) is 18.5 Å². The maximum absolute atomic E-state index is 13.1. The van der Waals surface area contributed by atoms with Gasteiger partial charge in [-0.2, -0.15) is 0 Å². The van der Waals surface area contributed by atoms with Gasteiger partial charge in [-0.25, -0.2) is 14.4 Å². The lowest BCUT2D eigenvalue weighted by Crippen LogP contribution is -2.38. The third-order valence-electron chi connectivity index (χ3n) is 3.82. The SMILES string of the molecule is COCc1cc(NC2CCCNC2)nc(-c2ccc(F)cc2)n1. The largest absolute Gasteiger partial charge is 0.378 e. The lowest BCUT2D eigenvalue weighted by molar-refractivity contribution is 0.181. The first-order valence-electron chi connectivity index (χ1n) is 7.84. The van der Waals surface area contributed by atoms with Crippen molar-refractivity contribution < 1.29 is 9.13 Å². The molecule has 2 N–H and O–H groups in total. The van der Waals surface area contributed by atoms with Crippen LogP contribution in [0.3, 0.4) is 0 Å². The van der Waals surface area contributed by atoms with Crippen LogP contribution in [-0.2, 0) is 11.3 Å². The quantitative estimate of drug-likeness (QED) is 0.888. The Morgan fingerprint density at radius 3 is 2.83 bits per heavy atom. The number of hydrogen-bond acceptors (Lipinski definition) is 5. The van der Waals surface area contributed by atoms with Gasteiger partial charge < -0.3 is 15.4 Å². The van der Waals surface area contributed by atoms with Crippen LogP contribution in [-0.4, -0.2) is 36.2 Å². The summed E-state index contributed by atoms with van der Waals surface area (Å²) in [5, 5.41) is 6.83. The number of nitrogens with one attached hydrogen (secondary N) is 2. The number of nitrogens with zero attached hydrogens (tertiary/aromatic N) is 2. The maximum Gasteiger partial charge on any atom is 0.161 e. The maximum atomic E-state index is 13.1. The fraction of sp³-hybridized carbons (Fsp3) is 0.412. The van der Waals surface area contributed by atoms with Crippen molar-refractivity contribution in [3.63, 3.8) is 0 Å². The summed E-state index contributed by atoms with van der Waals surface area (Å²) >= 11 is 0. The molecule has 23 heavy (non-hydrogen) atoms. The summed E-state index contributed by atoms with van der Waals surface area (Å²) in [7, 11) is 1.64. The number of aromatic nitrogens is 2. The average molecular weight is 316 g/mol. The van der Waals surface area contributed by atoms with Gasteiger partial charge in [0.2, 0.25) is 0 Å². The zero-order valence-corrected chi connectivity index (χ0v) is 13.2. The lowest BCUT2D eigenvalue weighted by Gasteiger charge is -2.24. The van der Waals surface area contributed by atoms with Crippen molar-refractivity contribution in [3.05, 3.63) is 41.8 Å². The number of methoxy groups -OCH3 is 1. The minimum absolute atomic E-state index is 0.270. The Labute approximate surface area is 135 Å². The van der Waals surface area contributed by atoms with Crippen LogP contribution in [0, 0.1) is 5.82 Å². The Kier molecular flexibility index (Phi) is 5.15. The summed E-state index contributed by atoms with van der Waals surface area (Å²) in [4.78, 5) is 9.08. The molecule has 0 saturated carbocycles. The van der Waals surface area contributed by atoms with E-state index in [0.717, 1.165) is 43.0 Å². The van der Waals surface area contributed by atoms with Gasteiger partial charge in [0, 0.05) is 31.3 Å². The van der Waals surface area contributed by atoms with Crippen LogP contribution in [0.1, 0.15) is 18.5 Å². The third-order valence-corrected chi connectivity index (χ3v) is 3.82. The normalized spacial score (nSPS) is 17.9. The number of hydrogen-bond donors (Lipinski definition) is 2. The Morgan fingerprint density at radius 2 is 2.13 bits per heavy atom. The van der Waals surface area contributed by atoms with Crippen LogP contribution in [0.5, 0.6) is 0 Å². The fourth-order valence-electron chi connectivity index (χ4n) is 2.71.